The number of esters is 1. The third kappa shape index (κ3) is 5.33. The lowest BCUT2D eigenvalue weighted by molar-refractivity contribution is -0.124. The number of rotatable bonds is 6. The minimum atomic E-state index is -0.518. The molecule has 0 saturated heterocycles. The molecule has 5 heteroatoms. The van der Waals surface area contributed by atoms with Crippen LogP contribution >= 0.6 is 11.6 Å². The first-order chi connectivity index (χ1) is 11.9. The first-order valence-electron chi connectivity index (χ1n) is 8.19. The smallest absolute Gasteiger partial charge is 0.338 e. The molecule has 0 fully saturated rings. The van der Waals surface area contributed by atoms with Gasteiger partial charge in [-0.3, -0.25) is 4.79 Å². The maximum atomic E-state index is 12.0. The molecule has 0 bridgehead atoms. The van der Waals surface area contributed by atoms with Crippen LogP contribution in [0.2, 0.25) is 5.02 Å². The molecule has 1 atom stereocenters. The van der Waals surface area contributed by atoms with Gasteiger partial charge in [-0.1, -0.05) is 55.8 Å². The van der Waals surface area contributed by atoms with Gasteiger partial charge in [0.1, 0.15) is 0 Å². The molecule has 2 aromatic carbocycles. The Labute approximate surface area is 153 Å². The lowest BCUT2D eigenvalue weighted by Gasteiger charge is -2.15. The van der Waals surface area contributed by atoms with E-state index in [-0.39, 0.29) is 18.6 Å². The Morgan fingerprint density at radius 1 is 1.04 bits per heavy atom. The predicted octanol–water partition coefficient (Wildman–Crippen LogP) is 4.50. The van der Waals surface area contributed by atoms with Crippen LogP contribution < -0.4 is 5.32 Å². The van der Waals surface area contributed by atoms with Gasteiger partial charge in [0.05, 0.1) is 11.6 Å². The van der Waals surface area contributed by atoms with Crippen molar-refractivity contribution in [2.75, 3.05) is 6.61 Å². The van der Waals surface area contributed by atoms with Crippen LogP contribution in [0, 0.1) is 0 Å². The maximum Gasteiger partial charge on any atom is 0.338 e. The molecule has 132 valence electrons. The van der Waals surface area contributed by atoms with E-state index in [9.17, 15) is 9.59 Å². The maximum absolute atomic E-state index is 12.0. The zero-order chi connectivity index (χ0) is 18.4. The molecule has 0 aromatic heterocycles. The minimum Gasteiger partial charge on any atom is -0.452 e. The number of carbonyl (C=O) groups excluding carboxylic acids is 2. The molecule has 0 aliphatic carbocycles. The van der Waals surface area contributed by atoms with Crippen LogP contribution in [0.3, 0.4) is 0 Å². The summed E-state index contributed by atoms with van der Waals surface area (Å²) in [5, 5.41) is 3.35. The van der Waals surface area contributed by atoms with Gasteiger partial charge >= 0.3 is 5.97 Å². The molecule has 0 spiro atoms. The van der Waals surface area contributed by atoms with Crippen molar-refractivity contribution in [2.45, 2.75) is 32.7 Å². The molecule has 2 rings (SSSR count). The molecule has 0 heterocycles. The molecular weight excluding hydrogens is 338 g/mol. The number of benzene rings is 2. The van der Waals surface area contributed by atoms with Gasteiger partial charge in [0, 0.05) is 5.02 Å². The second-order valence-corrected chi connectivity index (χ2v) is 6.57. The highest BCUT2D eigenvalue weighted by molar-refractivity contribution is 6.31. The van der Waals surface area contributed by atoms with Crippen LogP contribution in [0.15, 0.2) is 48.5 Å². The standard InChI is InChI=1S/C20H22ClNO3/c1-13(2)15-8-10-16(11-9-15)20(24)25-12-19(23)22-14(3)17-6-4-5-7-18(17)21/h4-11,13-14H,12H2,1-3H3,(H,22,23)/t14-/m1/s1. The van der Waals surface area contributed by atoms with E-state index >= 15 is 0 Å². The van der Waals surface area contributed by atoms with Gasteiger partial charge in [0.25, 0.3) is 5.91 Å². The molecule has 25 heavy (non-hydrogen) atoms. The van der Waals surface area contributed by atoms with E-state index < -0.39 is 5.97 Å². The average Bonchev–Trinajstić information content (AvgIpc) is 2.60. The SMILES string of the molecule is CC(C)c1ccc(C(=O)OCC(=O)N[C@H](C)c2ccccc2Cl)cc1. The molecule has 1 N–H and O–H groups in total. The van der Waals surface area contributed by atoms with Crippen molar-refractivity contribution in [3.63, 3.8) is 0 Å². The first kappa shape index (κ1) is 19.0. The Balaban J connectivity index is 1.87. The summed E-state index contributed by atoms with van der Waals surface area (Å²) in [6.45, 7) is 5.65. The Morgan fingerprint density at radius 2 is 1.68 bits per heavy atom. The van der Waals surface area contributed by atoms with Gasteiger partial charge in [-0.15, -0.1) is 0 Å². The summed E-state index contributed by atoms with van der Waals surface area (Å²) < 4.78 is 5.07. The fourth-order valence-electron chi connectivity index (χ4n) is 2.41. The molecule has 4 nitrogen and oxygen atoms in total. The van der Waals surface area contributed by atoms with E-state index in [1.807, 2.05) is 37.3 Å². The fourth-order valence-corrected chi connectivity index (χ4v) is 2.71. The van der Waals surface area contributed by atoms with E-state index in [2.05, 4.69) is 19.2 Å². The van der Waals surface area contributed by atoms with Crippen LogP contribution in [0.4, 0.5) is 0 Å². The molecular formula is C20H22ClNO3. The Bertz CT molecular complexity index is 741. The van der Waals surface area contributed by atoms with Crippen LogP contribution in [-0.4, -0.2) is 18.5 Å². The van der Waals surface area contributed by atoms with Crippen molar-refractivity contribution in [2.24, 2.45) is 0 Å². The van der Waals surface area contributed by atoms with Crippen molar-refractivity contribution in [1.82, 2.24) is 5.32 Å². The van der Waals surface area contributed by atoms with Crippen LogP contribution in [0.5, 0.6) is 0 Å². The molecule has 1 amide bonds. The van der Waals surface area contributed by atoms with E-state index in [1.165, 1.54) is 0 Å². The summed E-state index contributed by atoms with van der Waals surface area (Å²) in [5.74, 6) is -0.502. The summed E-state index contributed by atoms with van der Waals surface area (Å²) in [7, 11) is 0. The van der Waals surface area contributed by atoms with Crippen molar-refractivity contribution in [3.05, 3.63) is 70.2 Å². The lowest BCUT2D eigenvalue weighted by atomic mass is 10.0. The zero-order valence-electron chi connectivity index (χ0n) is 14.6. The predicted molar refractivity (Wildman–Crippen MR) is 98.8 cm³/mol. The van der Waals surface area contributed by atoms with Crippen molar-refractivity contribution in [3.8, 4) is 0 Å². The number of carbonyl (C=O) groups is 2. The summed E-state index contributed by atoms with van der Waals surface area (Å²) in [6, 6.07) is 14.2. The minimum absolute atomic E-state index is 0.273. The largest absolute Gasteiger partial charge is 0.452 e. The highest BCUT2D eigenvalue weighted by Gasteiger charge is 2.15. The van der Waals surface area contributed by atoms with Gasteiger partial charge in [-0.2, -0.15) is 0 Å². The summed E-state index contributed by atoms with van der Waals surface area (Å²) in [4.78, 5) is 24.0. The van der Waals surface area contributed by atoms with Gasteiger partial charge in [-0.05, 0) is 42.2 Å². The molecule has 0 aliphatic rings. The normalized spacial score (nSPS) is 11.9. The summed E-state index contributed by atoms with van der Waals surface area (Å²) in [5.41, 5.74) is 2.38. The molecule has 2 aromatic rings. The molecule has 0 aliphatic heterocycles. The molecule has 0 saturated carbocycles. The second kappa shape index (κ2) is 8.67. The van der Waals surface area contributed by atoms with Crippen molar-refractivity contribution in [1.29, 1.82) is 0 Å². The van der Waals surface area contributed by atoms with Crippen LogP contribution in [0.25, 0.3) is 0 Å². The van der Waals surface area contributed by atoms with Crippen molar-refractivity contribution < 1.29 is 14.3 Å². The monoisotopic (exact) mass is 359 g/mol. The van der Waals surface area contributed by atoms with Crippen LogP contribution in [0.1, 0.15) is 54.2 Å². The summed E-state index contributed by atoms with van der Waals surface area (Å²) in [6.07, 6.45) is 0. The Hall–Kier alpha value is -2.33. The third-order valence-corrected chi connectivity index (χ3v) is 4.24. The fraction of sp³-hybridized carbons (Fsp3) is 0.300. The molecule has 0 unspecified atom stereocenters. The summed E-state index contributed by atoms with van der Waals surface area (Å²) >= 11 is 6.11. The zero-order valence-corrected chi connectivity index (χ0v) is 15.3. The van der Waals surface area contributed by atoms with Gasteiger partial charge < -0.3 is 10.1 Å². The van der Waals surface area contributed by atoms with Gasteiger partial charge in [-0.25, -0.2) is 4.79 Å². The number of halogens is 1. The number of ether oxygens (including phenoxy) is 1. The molecule has 0 radical (unpaired) electrons. The number of hydrogen-bond acceptors (Lipinski definition) is 3. The average molecular weight is 360 g/mol. The first-order valence-corrected chi connectivity index (χ1v) is 8.57. The van der Waals surface area contributed by atoms with Crippen molar-refractivity contribution >= 4 is 23.5 Å². The van der Waals surface area contributed by atoms with E-state index in [1.54, 1.807) is 18.2 Å². The number of amides is 1. The highest BCUT2D eigenvalue weighted by Crippen LogP contribution is 2.22. The van der Waals surface area contributed by atoms with Gasteiger partial charge in [0.2, 0.25) is 0 Å². The van der Waals surface area contributed by atoms with Gasteiger partial charge in [0.15, 0.2) is 6.61 Å². The highest BCUT2D eigenvalue weighted by atomic mass is 35.5. The topological polar surface area (TPSA) is 55.4 Å². The number of nitrogens with one attached hydrogen (secondary N) is 1. The second-order valence-electron chi connectivity index (χ2n) is 6.16. The third-order valence-electron chi connectivity index (χ3n) is 3.90. The van der Waals surface area contributed by atoms with E-state index in [4.69, 9.17) is 16.3 Å². The number of hydrogen-bond donors (Lipinski definition) is 1. The Kier molecular flexibility index (Phi) is 6.59. The quantitative estimate of drug-likeness (QED) is 0.773. The lowest BCUT2D eigenvalue weighted by Crippen LogP contribution is -2.31. The van der Waals surface area contributed by atoms with E-state index in [0.29, 0.717) is 16.5 Å². The Morgan fingerprint density at radius 3 is 2.28 bits per heavy atom. The van der Waals surface area contributed by atoms with Crippen LogP contribution in [-0.2, 0) is 9.53 Å². The van der Waals surface area contributed by atoms with E-state index in [0.717, 1.165) is 11.1 Å².